The largest absolute Gasteiger partial charge is 0.369 e. The standard InChI is InChI=1S/C14H20F2N2/c1-2-7-18(9-10-3-4-10)12-6-5-11(8-17)13(15)14(12)16/h5-6,10H,2-4,7-9,17H2,1H3. The fourth-order valence-electron chi connectivity index (χ4n) is 2.17. The summed E-state index contributed by atoms with van der Waals surface area (Å²) in [4.78, 5) is 1.95. The Bertz CT molecular complexity index is 417. The van der Waals surface area contributed by atoms with Crippen molar-refractivity contribution in [2.24, 2.45) is 11.7 Å². The summed E-state index contributed by atoms with van der Waals surface area (Å²) in [6.45, 7) is 3.66. The van der Waals surface area contributed by atoms with Crippen molar-refractivity contribution in [3.63, 3.8) is 0 Å². The molecule has 0 bridgehead atoms. The van der Waals surface area contributed by atoms with Crippen LogP contribution in [0.15, 0.2) is 12.1 Å². The highest BCUT2D eigenvalue weighted by Gasteiger charge is 2.26. The van der Waals surface area contributed by atoms with Gasteiger partial charge in [0.05, 0.1) is 5.69 Å². The summed E-state index contributed by atoms with van der Waals surface area (Å²) in [6.07, 6.45) is 3.32. The van der Waals surface area contributed by atoms with Crippen LogP contribution in [0.1, 0.15) is 31.7 Å². The summed E-state index contributed by atoms with van der Waals surface area (Å²) in [5.41, 5.74) is 5.98. The molecule has 2 rings (SSSR count). The van der Waals surface area contributed by atoms with Crippen molar-refractivity contribution < 1.29 is 8.78 Å². The average Bonchev–Trinajstić information content (AvgIpc) is 3.16. The number of nitrogens with zero attached hydrogens (tertiary/aromatic N) is 1. The van der Waals surface area contributed by atoms with E-state index >= 15 is 0 Å². The highest BCUT2D eigenvalue weighted by atomic mass is 19.2. The van der Waals surface area contributed by atoms with Crippen molar-refractivity contribution in [3.05, 3.63) is 29.3 Å². The quantitative estimate of drug-likeness (QED) is 0.845. The minimum atomic E-state index is -0.799. The lowest BCUT2D eigenvalue weighted by Gasteiger charge is -2.25. The Hall–Kier alpha value is -1.16. The predicted octanol–water partition coefficient (Wildman–Crippen LogP) is 3.05. The molecule has 1 fully saturated rings. The molecule has 4 heteroatoms. The normalized spacial score (nSPS) is 14.9. The van der Waals surface area contributed by atoms with Crippen LogP contribution in [-0.4, -0.2) is 13.1 Å². The fourth-order valence-corrected chi connectivity index (χ4v) is 2.17. The van der Waals surface area contributed by atoms with E-state index in [0.29, 0.717) is 11.6 Å². The van der Waals surface area contributed by atoms with Gasteiger partial charge in [-0.3, -0.25) is 0 Å². The lowest BCUT2D eigenvalue weighted by atomic mass is 10.1. The molecule has 1 aromatic carbocycles. The molecule has 0 spiro atoms. The lowest BCUT2D eigenvalue weighted by Crippen LogP contribution is -2.28. The zero-order chi connectivity index (χ0) is 13.1. The van der Waals surface area contributed by atoms with Crippen LogP contribution in [0.2, 0.25) is 0 Å². The third-order valence-corrected chi connectivity index (χ3v) is 3.37. The zero-order valence-electron chi connectivity index (χ0n) is 10.8. The first-order valence-corrected chi connectivity index (χ1v) is 6.59. The Balaban J connectivity index is 2.25. The van der Waals surface area contributed by atoms with Gasteiger partial charge in [0.2, 0.25) is 0 Å². The number of halogens is 2. The molecule has 0 aliphatic heterocycles. The van der Waals surface area contributed by atoms with E-state index in [-0.39, 0.29) is 12.1 Å². The molecular weight excluding hydrogens is 234 g/mol. The smallest absolute Gasteiger partial charge is 0.182 e. The van der Waals surface area contributed by atoms with Crippen LogP contribution in [-0.2, 0) is 6.54 Å². The summed E-state index contributed by atoms with van der Waals surface area (Å²) in [5.74, 6) is -0.910. The molecule has 0 unspecified atom stereocenters. The predicted molar refractivity (Wildman–Crippen MR) is 69.5 cm³/mol. The maximum atomic E-state index is 14.0. The van der Waals surface area contributed by atoms with E-state index in [1.807, 2.05) is 11.8 Å². The molecule has 1 saturated carbocycles. The molecule has 0 aromatic heterocycles. The molecule has 1 aliphatic rings. The molecule has 2 nitrogen and oxygen atoms in total. The minimum absolute atomic E-state index is 0.0272. The van der Waals surface area contributed by atoms with E-state index in [9.17, 15) is 8.78 Å². The van der Waals surface area contributed by atoms with Gasteiger partial charge in [-0.1, -0.05) is 13.0 Å². The Morgan fingerprint density at radius 1 is 1.28 bits per heavy atom. The fraction of sp³-hybridized carbons (Fsp3) is 0.571. The molecule has 2 N–H and O–H groups in total. The Labute approximate surface area is 107 Å². The molecule has 100 valence electrons. The zero-order valence-corrected chi connectivity index (χ0v) is 10.8. The van der Waals surface area contributed by atoms with Gasteiger partial charge < -0.3 is 10.6 Å². The number of anilines is 1. The van der Waals surface area contributed by atoms with Crippen LogP contribution in [0.3, 0.4) is 0 Å². The van der Waals surface area contributed by atoms with Gasteiger partial charge in [0.25, 0.3) is 0 Å². The van der Waals surface area contributed by atoms with E-state index < -0.39 is 11.6 Å². The second-order valence-corrected chi connectivity index (χ2v) is 4.97. The van der Waals surface area contributed by atoms with Crippen molar-refractivity contribution in [2.45, 2.75) is 32.7 Å². The summed E-state index contributed by atoms with van der Waals surface area (Å²) in [5, 5.41) is 0. The van der Waals surface area contributed by atoms with Crippen LogP contribution < -0.4 is 10.6 Å². The molecular formula is C14H20F2N2. The minimum Gasteiger partial charge on any atom is -0.369 e. The number of nitrogens with two attached hydrogens (primary N) is 1. The Morgan fingerprint density at radius 3 is 2.56 bits per heavy atom. The maximum absolute atomic E-state index is 14.0. The monoisotopic (exact) mass is 254 g/mol. The third kappa shape index (κ3) is 2.80. The van der Waals surface area contributed by atoms with Crippen molar-refractivity contribution in [1.82, 2.24) is 0 Å². The van der Waals surface area contributed by atoms with Gasteiger partial charge in [-0.15, -0.1) is 0 Å². The van der Waals surface area contributed by atoms with E-state index in [1.165, 1.54) is 12.8 Å². The van der Waals surface area contributed by atoms with Crippen LogP contribution in [0.25, 0.3) is 0 Å². The topological polar surface area (TPSA) is 29.3 Å². The van der Waals surface area contributed by atoms with Gasteiger partial charge in [0, 0.05) is 25.2 Å². The number of hydrogen-bond acceptors (Lipinski definition) is 2. The summed E-state index contributed by atoms with van der Waals surface area (Å²) in [7, 11) is 0. The van der Waals surface area contributed by atoms with Gasteiger partial charge in [-0.05, 0) is 31.2 Å². The van der Waals surface area contributed by atoms with Crippen LogP contribution in [0.5, 0.6) is 0 Å². The third-order valence-electron chi connectivity index (χ3n) is 3.37. The van der Waals surface area contributed by atoms with Gasteiger partial charge in [-0.25, -0.2) is 8.78 Å². The maximum Gasteiger partial charge on any atom is 0.182 e. The highest BCUT2D eigenvalue weighted by Crippen LogP contribution is 2.33. The van der Waals surface area contributed by atoms with Crippen LogP contribution >= 0.6 is 0 Å². The molecule has 18 heavy (non-hydrogen) atoms. The van der Waals surface area contributed by atoms with Crippen molar-refractivity contribution in [1.29, 1.82) is 0 Å². The molecule has 0 radical (unpaired) electrons. The average molecular weight is 254 g/mol. The number of hydrogen-bond donors (Lipinski definition) is 1. The lowest BCUT2D eigenvalue weighted by molar-refractivity contribution is 0.495. The van der Waals surface area contributed by atoms with E-state index in [2.05, 4.69) is 0 Å². The summed E-state index contributed by atoms with van der Waals surface area (Å²) < 4.78 is 27.8. The Kier molecular flexibility index (Phi) is 4.17. The first kappa shape index (κ1) is 13.3. The van der Waals surface area contributed by atoms with Crippen molar-refractivity contribution in [2.75, 3.05) is 18.0 Å². The van der Waals surface area contributed by atoms with Gasteiger partial charge in [0.15, 0.2) is 11.6 Å². The molecule has 0 heterocycles. The second kappa shape index (κ2) is 5.65. The molecule has 1 aliphatic carbocycles. The van der Waals surface area contributed by atoms with Crippen LogP contribution in [0, 0.1) is 17.6 Å². The first-order chi connectivity index (χ1) is 8.67. The molecule has 0 saturated heterocycles. The van der Waals surface area contributed by atoms with Crippen molar-refractivity contribution >= 4 is 5.69 Å². The van der Waals surface area contributed by atoms with Gasteiger partial charge in [-0.2, -0.15) is 0 Å². The van der Waals surface area contributed by atoms with E-state index in [1.54, 1.807) is 12.1 Å². The van der Waals surface area contributed by atoms with E-state index in [0.717, 1.165) is 19.5 Å². The summed E-state index contributed by atoms with van der Waals surface area (Å²) >= 11 is 0. The number of benzene rings is 1. The Morgan fingerprint density at radius 2 is 2.00 bits per heavy atom. The SMILES string of the molecule is CCCN(CC1CC1)c1ccc(CN)c(F)c1F. The van der Waals surface area contributed by atoms with Crippen LogP contribution in [0.4, 0.5) is 14.5 Å². The van der Waals surface area contributed by atoms with Gasteiger partial charge >= 0.3 is 0 Å². The van der Waals surface area contributed by atoms with Gasteiger partial charge in [0.1, 0.15) is 0 Å². The number of rotatable bonds is 6. The summed E-state index contributed by atoms with van der Waals surface area (Å²) in [6, 6.07) is 3.24. The van der Waals surface area contributed by atoms with E-state index in [4.69, 9.17) is 5.73 Å². The second-order valence-electron chi connectivity index (χ2n) is 4.97. The first-order valence-electron chi connectivity index (χ1n) is 6.59. The van der Waals surface area contributed by atoms with Crippen molar-refractivity contribution in [3.8, 4) is 0 Å². The molecule has 0 amide bonds. The molecule has 0 atom stereocenters. The molecule has 1 aromatic rings. The highest BCUT2D eigenvalue weighted by molar-refractivity contribution is 5.50.